The first-order valence-corrected chi connectivity index (χ1v) is 5.59. The van der Waals surface area contributed by atoms with E-state index in [0.717, 1.165) is 0 Å². The maximum absolute atomic E-state index is 13.6. The zero-order valence-electron chi connectivity index (χ0n) is 10.6. The van der Waals surface area contributed by atoms with Gasteiger partial charge < -0.3 is 20.9 Å². The van der Waals surface area contributed by atoms with Crippen molar-refractivity contribution < 1.29 is 9.13 Å². The number of aromatic nitrogens is 2. The Morgan fingerprint density at radius 3 is 2.25 bits per heavy atom. The summed E-state index contributed by atoms with van der Waals surface area (Å²) >= 11 is 0. The van der Waals surface area contributed by atoms with Gasteiger partial charge in [0.05, 0.1) is 7.11 Å². The van der Waals surface area contributed by atoms with Gasteiger partial charge in [-0.2, -0.15) is 9.97 Å². The zero-order valence-corrected chi connectivity index (χ0v) is 10.6. The Labute approximate surface area is 114 Å². The molecule has 0 atom stereocenters. The first-order valence-electron chi connectivity index (χ1n) is 5.59. The molecule has 8 nitrogen and oxygen atoms in total. The van der Waals surface area contributed by atoms with E-state index in [1.807, 2.05) is 0 Å². The fraction of sp³-hybridized carbons (Fsp3) is 0.0909. The molecule has 0 aliphatic carbocycles. The molecule has 0 fully saturated rings. The Bertz CT molecular complexity index is 585. The first-order chi connectivity index (χ1) is 9.66. The number of ether oxygens (including phenoxy) is 1. The number of nitrogens with zero attached hydrogens (tertiary/aromatic N) is 2. The number of nitrogens with one attached hydrogen (secondary N) is 3. The van der Waals surface area contributed by atoms with Crippen LogP contribution in [0.5, 0.6) is 5.75 Å². The van der Waals surface area contributed by atoms with Gasteiger partial charge in [0, 0.05) is 17.8 Å². The highest BCUT2D eigenvalue weighted by Crippen LogP contribution is 2.23. The monoisotopic (exact) mass is 279 g/mol. The summed E-state index contributed by atoms with van der Waals surface area (Å²) in [6.07, 6.45) is 0. The predicted molar refractivity (Wildman–Crippen MR) is 73.9 cm³/mol. The summed E-state index contributed by atoms with van der Waals surface area (Å²) < 4.78 is 18.4. The summed E-state index contributed by atoms with van der Waals surface area (Å²) in [6, 6.07) is 5.90. The van der Waals surface area contributed by atoms with Gasteiger partial charge >= 0.3 is 0 Å². The van der Waals surface area contributed by atoms with Crippen LogP contribution in [0.25, 0.3) is 0 Å². The molecule has 1 aromatic carbocycles. The fourth-order valence-electron chi connectivity index (χ4n) is 1.52. The van der Waals surface area contributed by atoms with Gasteiger partial charge in [-0.25, -0.2) is 16.1 Å². The van der Waals surface area contributed by atoms with E-state index in [9.17, 15) is 4.39 Å². The second-order valence-electron chi connectivity index (χ2n) is 3.73. The van der Waals surface area contributed by atoms with Crippen molar-refractivity contribution in [1.82, 2.24) is 9.97 Å². The molecule has 20 heavy (non-hydrogen) atoms. The number of nitrogens with two attached hydrogens (primary N) is 2. The minimum atomic E-state index is -0.497. The van der Waals surface area contributed by atoms with Gasteiger partial charge in [0.1, 0.15) is 11.6 Å². The van der Waals surface area contributed by atoms with E-state index >= 15 is 0 Å². The number of hydrazine groups is 2. The van der Waals surface area contributed by atoms with E-state index in [1.54, 1.807) is 6.07 Å². The second kappa shape index (κ2) is 5.99. The normalized spacial score (nSPS) is 10.0. The fourth-order valence-corrected chi connectivity index (χ4v) is 1.52. The summed E-state index contributed by atoms with van der Waals surface area (Å²) in [6.45, 7) is 0. The number of hydrogen-bond donors (Lipinski definition) is 5. The van der Waals surface area contributed by atoms with Gasteiger partial charge in [-0.3, -0.25) is 0 Å². The summed E-state index contributed by atoms with van der Waals surface area (Å²) in [4.78, 5) is 8.12. The molecule has 0 amide bonds. The maximum Gasteiger partial charge on any atom is 0.231 e. The third-order valence-corrected chi connectivity index (χ3v) is 2.43. The predicted octanol–water partition coefficient (Wildman–Crippen LogP) is 0.939. The van der Waals surface area contributed by atoms with Crippen LogP contribution in [0.1, 0.15) is 0 Å². The van der Waals surface area contributed by atoms with Gasteiger partial charge in [-0.05, 0) is 12.1 Å². The SMILES string of the molecule is COc1ccc(Nc2nc(NN)cc(NN)n2)cc1F. The Morgan fingerprint density at radius 1 is 1.10 bits per heavy atom. The van der Waals surface area contributed by atoms with Crippen LogP contribution < -0.4 is 32.6 Å². The molecule has 7 N–H and O–H groups in total. The minimum Gasteiger partial charge on any atom is -0.494 e. The number of methoxy groups -OCH3 is 1. The maximum atomic E-state index is 13.6. The smallest absolute Gasteiger partial charge is 0.231 e. The topological polar surface area (TPSA) is 123 Å². The van der Waals surface area contributed by atoms with Crippen LogP contribution in [-0.2, 0) is 0 Å². The molecule has 0 bridgehead atoms. The number of anilines is 4. The molecule has 106 valence electrons. The third-order valence-electron chi connectivity index (χ3n) is 2.43. The Hall–Kier alpha value is -2.65. The van der Waals surface area contributed by atoms with Crippen molar-refractivity contribution in [1.29, 1.82) is 0 Å². The number of benzene rings is 1. The quantitative estimate of drug-likeness (QED) is 0.405. The standard InChI is InChI=1S/C11H14FN7O/c1-20-8-3-2-6(4-7(8)12)15-11-16-9(18-13)5-10(17-11)19-14/h2-5H,13-14H2,1H3,(H3,15,16,17,18,19). The molecule has 0 radical (unpaired) electrons. The van der Waals surface area contributed by atoms with Crippen molar-refractivity contribution in [3.05, 3.63) is 30.1 Å². The zero-order chi connectivity index (χ0) is 14.5. The minimum absolute atomic E-state index is 0.151. The lowest BCUT2D eigenvalue weighted by molar-refractivity contribution is 0.386. The summed E-state index contributed by atoms with van der Waals surface area (Å²) in [7, 11) is 1.39. The highest BCUT2D eigenvalue weighted by atomic mass is 19.1. The molecule has 1 heterocycles. The lowest BCUT2D eigenvalue weighted by Gasteiger charge is -2.10. The highest BCUT2D eigenvalue weighted by Gasteiger charge is 2.07. The van der Waals surface area contributed by atoms with Crippen molar-refractivity contribution in [2.45, 2.75) is 0 Å². The van der Waals surface area contributed by atoms with E-state index in [4.69, 9.17) is 16.4 Å². The molecule has 0 aliphatic rings. The summed E-state index contributed by atoms with van der Waals surface area (Å²) in [5.74, 6) is 11.1. The van der Waals surface area contributed by atoms with Crippen molar-refractivity contribution in [2.75, 3.05) is 23.3 Å². The van der Waals surface area contributed by atoms with Gasteiger partial charge in [-0.15, -0.1) is 0 Å². The van der Waals surface area contributed by atoms with Gasteiger partial charge in [-0.1, -0.05) is 0 Å². The molecular weight excluding hydrogens is 265 g/mol. The molecule has 0 saturated carbocycles. The average Bonchev–Trinajstić information content (AvgIpc) is 2.47. The van der Waals surface area contributed by atoms with E-state index < -0.39 is 5.82 Å². The summed E-state index contributed by atoms with van der Waals surface area (Å²) in [5, 5.41) is 2.84. The van der Waals surface area contributed by atoms with Gasteiger partial charge in [0.25, 0.3) is 0 Å². The summed E-state index contributed by atoms with van der Waals surface area (Å²) in [5.41, 5.74) is 5.21. The number of rotatable bonds is 5. The van der Waals surface area contributed by atoms with Crippen LogP contribution in [-0.4, -0.2) is 17.1 Å². The Balaban J connectivity index is 2.27. The van der Waals surface area contributed by atoms with Crippen molar-refractivity contribution in [3.63, 3.8) is 0 Å². The van der Waals surface area contributed by atoms with E-state index in [2.05, 4.69) is 26.1 Å². The van der Waals surface area contributed by atoms with E-state index in [0.29, 0.717) is 17.3 Å². The Kier molecular flexibility index (Phi) is 4.13. The van der Waals surface area contributed by atoms with E-state index in [1.165, 1.54) is 25.3 Å². The van der Waals surface area contributed by atoms with Gasteiger partial charge in [0.2, 0.25) is 5.95 Å². The molecule has 0 saturated heterocycles. The highest BCUT2D eigenvalue weighted by molar-refractivity contribution is 5.59. The molecule has 2 aromatic rings. The second-order valence-corrected chi connectivity index (χ2v) is 3.73. The van der Waals surface area contributed by atoms with Gasteiger partial charge in [0.15, 0.2) is 11.6 Å². The number of hydrogen-bond acceptors (Lipinski definition) is 8. The van der Waals surface area contributed by atoms with Crippen LogP contribution in [0.15, 0.2) is 24.3 Å². The van der Waals surface area contributed by atoms with Crippen molar-refractivity contribution >= 4 is 23.3 Å². The van der Waals surface area contributed by atoms with Crippen molar-refractivity contribution in [3.8, 4) is 5.75 Å². The molecule has 2 rings (SSSR count). The van der Waals surface area contributed by atoms with Crippen molar-refractivity contribution in [2.24, 2.45) is 11.7 Å². The number of nitrogen functional groups attached to an aromatic ring is 2. The van der Waals surface area contributed by atoms with Crippen LogP contribution >= 0.6 is 0 Å². The first kappa shape index (κ1) is 13.8. The molecule has 0 aliphatic heterocycles. The van der Waals surface area contributed by atoms with Crippen LogP contribution in [0.2, 0.25) is 0 Å². The number of halogens is 1. The van der Waals surface area contributed by atoms with Crippen LogP contribution in [0.3, 0.4) is 0 Å². The molecule has 0 unspecified atom stereocenters. The van der Waals surface area contributed by atoms with Crippen LogP contribution in [0.4, 0.5) is 27.7 Å². The Morgan fingerprint density at radius 2 is 1.75 bits per heavy atom. The molecular formula is C11H14FN7O. The molecule has 1 aromatic heterocycles. The lowest BCUT2D eigenvalue weighted by atomic mass is 10.3. The molecule has 0 spiro atoms. The average molecular weight is 279 g/mol. The van der Waals surface area contributed by atoms with E-state index in [-0.39, 0.29) is 11.7 Å². The largest absolute Gasteiger partial charge is 0.494 e. The van der Waals surface area contributed by atoms with Crippen LogP contribution in [0, 0.1) is 5.82 Å². The third kappa shape index (κ3) is 3.02. The lowest BCUT2D eigenvalue weighted by Crippen LogP contribution is -2.14. The molecule has 9 heteroatoms.